The van der Waals surface area contributed by atoms with Crippen molar-refractivity contribution in [3.05, 3.63) is 0 Å². The van der Waals surface area contributed by atoms with E-state index in [0.717, 1.165) is 6.54 Å². The first-order valence-electron chi connectivity index (χ1n) is 4.13. The number of rotatable bonds is 1. The highest BCUT2D eigenvalue weighted by Crippen LogP contribution is 2.03. The average molecular weight is 156 g/mol. The van der Waals surface area contributed by atoms with Gasteiger partial charge in [-0.2, -0.15) is 0 Å². The summed E-state index contributed by atoms with van der Waals surface area (Å²) in [5.41, 5.74) is 0. The molecule has 0 radical (unpaired) electrons. The molecule has 1 heterocycles. The molecule has 11 heavy (non-hydrogen) atoms. The number of nitrogens with zero attached hydrogens (tertiary/aromatic N) is 1. The summed E-state index contributed by atoms with van der Waals surface area (Å²) in [6.45, 7) is 7.80. The van der Waals surface area contributed by atoms with E-state index in [1.54, 1.807) is 0 Å². The quantitative estimate of drug-likeness (QED) is 0.589. The highest BCUT2D eigenvalue weighted by atomic mass is 16.2. The van der Waals surface area contributed by atoms with Gasteiger partial charge in [0.25, 0.3) is 0 Å². The van der Waals surface area contributed by atoms with Crippen LogP contribution in [0, 0.1) is 0 Å². The van der Waals surface area contributed by atoms with Gasteiger partial charge in [-0.15, -0.1) is 0 Å². The highest BCUT2D eigenvalue weighted by molar-refractivity contribution is 5.79. The van der Waals surface area contributed by atoms with E-state index in [4.69, 9.17) is 0 Å². The second-order valence-electron chi connectivity index (χ2n) is 3.49. The van der Waals surface area contributed by atoms with Gasteiger partial charge >= 0.3 is 0 Å². The fourth-order valence-electron chi connectivity index (χ4n) is 1.36. The molecule has 0 saturated carbocycles. The average Bonchev–Trinajstić information content (AvgIpc) is 1.85. The van der Waals surface area contributed by atoms with Crippen LogP contribution in [0.1, 0.15) is 20.8 Å². The number of nitrogens with one attached hydrogen (secondary N) is 1. The van der Waals surface area contributed by atoms with Crippen LogP contribution in [0.5, 0.6) is 0 Å². The van der Waals surface area contributed by atoms with Gasteiger partial charge in [-0.05, 0) is 20.8 Å². The molecule has 1 amide bonds. The van der Waals surface area contributed by atoms with Crippen LogP contribution in [0.2, 0.25) is 0 Å². The van der Waals surface area contributed by atoms with Gasteiger partial charge in [0, 0.05) is 18.6 Å². The van der Waals surface area contributed by atoms with Crippen molar-refractivity contribution in [2.75, 3.05) is 13.1 Å². The Hall–Kier alpha value is -0.570. The molecule has 3 nitrogen and oxygen atoms in total. The van der Waals surface area contributed by atoms with Crippen LogP contribution in [-0.2, 0) is 4.79 Å². The van der Waals surface area contributed by atoms with Gasteiger partial charge in [0.1, 0.15) is 0 Å². The van der Waals surface area contributed by atoms with Crippen molar-refractivity contribution < 1.29 is 4.79 Å². The maximum atomic E-state index is 11.0. The van der Waals surface area contributed by atoms with Gasteiger partial charge in [0.15, 0.2) is 0 Å². The lowest BCUT2D eigenvalue weighted by Gasteiger charge is -2.33. The Morgan fingerprint density at radius 3 is 2.73 bits per heavy atom. The maximum absolute atomic E-state index is 11.0. The molecular weight excluding hydrogens is 140 g/mol. The zero-order valence-corrected chi connectivity index (χ0v) is 7.42. The Morgan fingerprint density at radius 1 is 1.64 bits per heavy atom. The minimum atomic E-state index is 0.150. The Morgan fingerprint density at radius 2 is 2.27 bits per heavy atom. The van der Waals surface area contributed by atoms with Crippen molar-refractivity contribution >= 4 is 5.91 Å². The second-order valence-corrected chi connectivity index (χ2v) is 3.49. The first-order valence-corrected chi connectivity index (χ1v) is 4.13. The maximum Gasteiger partial charge on any atom is 0.234 e. The summed E-state index contributed by atoms with van der Waals surface area (Å²) in [5, 5.41) is 2.88. The molecule has 1 atom stereocenters. The SMILES string of the molecule is CC1CN(C(C)C)CC(=O)N1. The lowest BCUT2D eigenvalue weighted by atomic mass is 10.2. The van der Waals surface area contributed by atoms with E-state index < -0.39 is 0 Å². The molecule has 1 saturated heterocycles. The highest BCUT2D eigenvalue weighted by Gasteiger charge is 2.22. The van der Waals surface area contributed by atoms with Crippen molar-refractivity contribution in [3.8, 4) is 0 Å². The minimum absolute atomic E-state index is 0.150. The normalized spacial score (nSPS) is 27.3. The standard InChI is InChI=1S/C8H16N2O/c1-6(2)10-4-7(3)9-8(11)5-10/h6-7H,4-5H2,1-3H3,(H,9,11). The monoisotopic (exact) mass is 156 g/mol. The molecule has 1 unspecified atom stereocenters. The van der Waals surface area contributed by atoms with Crippen molar-refractivity contribution in [3.63, 3.8) is 0 Å². The lowest BCUT2D eigenvalue weighted by molar-refractivity contribution is -0.125. The Bertz CT molecular complexity index is 156. The van der Waals surface area contributed by atoms with Crippen LogP contribution < -0.4 is 5.32 Å². The molecule has 0 aromatic carbocycles. The number of carbonyl (C=O) groups is 1. The summed E-state index contributed by atoms with van der Waals surface area (Å²) in [7, 11) is 0. The summed E-state index contributed by atoms with van der Waals surface area (Å²) >= 11 is 0. The fourth-order valence-corrected chi connectivity index (χ4v) is 1.36. The number of carbonyl (C=O) groups excluding carboxylic acids is 1. The van der Waals surface area contributed by atoms with E-state index in [0.29, 0.717) is 18.6 Å². The predicted molar refractivity (Wildman–Crippen MR) is 44.3 cm³/mol. The topological polar surface area (TPSA) is 32.3 Å². The molecule has 0 aliphatic carbocycles. The zero-order valence-electron chi connectivity index (χ0n) is 7.42. The summed E-state index contributed by atoms with van der Waals surface area (Å²) < 4.78 is 0. The third kappa shape index (κ3) is 2.19. The van der Waals surface area contributed by atoms with Crippen LogP contribution in [0.15, 0.2) is 0 Å². The third-order valence-electron chi connectivity index (χ3n) is 1.99. The van der Waals surface area contributed by atoms with Gasteiger partial charge in [-0.3, -0.25) is 9.69 Å². The largest absolute Gasteiger partial charge is 0.351 e. The summed E-state index contributed by atoms with van der Waals surface area (Å²) in [6, 6.07) is 0.780. The first kappa shape index (κ1) is 8.53. The fraction of sp³-hybridized carbons (Fsp3) is 0.875. The van der Waals surface area contributed by atoms with E-state index in [9.17, 15) is 4.79 Å². The van der Waals surface area contributed by atoms with Crippen LogP contribution in [-0.4, -0.2) is 36.0 Å². The molecule has 1 fully saturated rings. The van der Waals surface area contributed by atoms with Crippen molar-refractivity contribution in [2.24, 2.45) is 0 Å². The van der Waals surface area contributed by atoms with Crippen LogP contribution in [0.3, 0.4) is 0 Å². The summed E-state index contributed by atoms with van der Waals surface area (Å²) in [6.07, 6.45) is 0. The number of hydrogen-bond acceptors (Lipinski definition) is 2. The Balaban J connectivity index is 2.49. The van der Waals surface area contributed by atoms with Crippen LogP contribution >= 0.6 is 0 Å². The molecule has 1 N–H and O–H groups in total. The number of hydrogen-bond donors (Lipinski definition) is 1. The van der Waals surface area contributed by atoms with E-state index in [-0.39, 0.29) is 5.91 Å². The van der Waals surface area contributed by atoms with Gasteiger partial charge in [-0.1, -0.05) is 0 Å². The molecule has 64 valence electrons. The minimum Gasteiger partial charge on any atom is -0.351 e. The molecule has 0 bridgehead atoms. The smallest absolute Gasteiger partial charge is 0.234 e. The lowest BCUT2D eigenvalue weighted by Crippen LogP contribution is -2.54. The molecular formula is C8H16N2O. The van der Waals surface area contributed by atoms with Gasteiger partial charge in [0.05, 0.1) is 6.54 Å². The zero-order chi connectivity index (χ0) is 8.43. The van der Waals surface area contributed by atoms with Crippen LogP contribution in [0.25, 0.3) is 0 Å². The van der Waals surface area contributed by atoms with Crippen molar-refractivity contribution in [1.82, 2.24) is 10.2 Å². The van der Waals surface area contributed by atoms with E-state index in [2.05, 4.69) is 24.1 Å². The molecule has 0 aromatic rings. The van der Waals surface area contributed by atoms with Gasteiger partial charge in [0.2, 0.25) is 5.91 Å². The molecule has 3 heteroatoms. The molecule has 0 spiro atoms. The number of amides is 1. The van der Waals surface area contributed by atoms with Crippen LogP contribution in [0.4, 0.5) is 0 Å². The second kappa shape index (κ2) is 3.22. The molecule has 1 rings (SSSR count). The summed E-state index contributed by atoms with van der Waals surface area (Å²) in [5.74, 6) is 0.150. The summed E-state index contributed by atoms with van der Waals surface area (Å²) in [4.78, 5) is 13.2. The van der Waals surface area contributed by atoms with Gasteiger partial charge in [-0.25, -0.2) is 0 Å². The molecule has 0 aromatic heterocycles. The van der Waals surface area contributed by atoms with E-state index >= 15 is 0 Å². The first-order chi connectivity index (χ1) is 5.09. The van der Waals surface area contributed by atoms with Gasteiger partial charge < -0.3 is 5.32 Å². The Labute approximate surface area is 67.8 Å². The predicted octanol–water partition coefficient (Wildman–Crippen LogP) is 0.215. The Kier molecular flexibility index (Phi) is 2.49. The van der Waals surface area contributed by atoms with E-state index in [1.807, 2.05) is 6.92 Å². The van der Waals surface area contributed by atoms with E-state index in [1.165, 1.54) is 0 Å². The number of piperazine rings is 1. The van der Waals surface area contributed by atoms with Crippen molar-refractivity contribution in [1.29, 1.82) is 0 Å². The molecule has 1 aliphatic rings. The molecule has 1 aliphatic heterocycles. The van der Waals surface area contributed by atoms with Crippen molar-refractivity contribution in [2.45, 2.75) is 32.9 Å². The third-order valence-corrected chi connectivity index (χ3v) is 1.99.